The number of nitrogens with one attached hydrogen (secondary N) is 1. The summed E-state index contributed by atoms with van der Waals surface area (Å²) in [6.45, 7) is 2.61. The number of anilines is 1. The number of nitrogens with zero attached hydrogens (tertiary/aromatic N) is 4. The number of aliphatic carboxylic acids is 2. The van der Waals surface area contributed by atoms with Gasteiger partial charge in [-0.3, -0.25) is 33.4 Å². The molecule has 0 spiro atoms. The molecule has 0 bridgehead atoms. The van der Waals surface area contributed by atoms with Gasteiger partial charge in [-0.05, 0) is 62.0 Å². The Labute approximate surface area is 276 Å². The largest absolute Gasteiger partial charge is 0.480 e. The van der Waals surface area contributed by atoms with Crippen LogP contribution in [0.1, 0.15) is 45.1 Å². The van der Waals surface area contributed by atoms with Crippen molar-refractivity contribution in [1.82, 2.24) is 14.1 Å². The van der Waals surface area contributed by atoms with E-state index in [-0.39, 0.29) is 52.1 Å². The predicted octanol–water partition coefficient (Wildman–Crippen LogP) is 1.02. The number of rotatable bonds is 10. The molecule has 244 valence electrons. The average Bonchev–Trinajstić information content (AvgIpc) is 3.73. The molecule has 4 N–H and O–H groups in total. The van der Waals surface area contributed by atoms with Gasteiger partial charge in [0.1, 0.15) is 27.5 Å². The van der Waals surface area contributed by atoms with Crippen molar-refractivity contribution in [3.63, 3.8) is 0 Å². The molecule has 1 aliphatic carbocycles. The summed E-state index contributed by atoms with van der Waals surface area (Å²) in [6.07, 6.45) is 4.98. The first-order valence-electron chi connectivity index (χ1n) is 14.8. The van der Waals surface area contributed by atoms with Crippen molar-refractivity contribution in [2.75, 3.05) is 30.0 Å². The molecule has 2 aromatic rings. The second kappa shape index (κ2) is 13.9. The molecule has 1 aromatic heterocycles. The van der Waals surface area contributed by atoms with Crippen LogP contribution in [-0.2, 0) is 27.5 Å². The Kier molecular flexibility index (Phi) is 10.1. The van der Waals surface area contributed by atoms with Crippen LogP contribution >= 0.6 is 35.7 Å². The highest BCUT2D eigenvalue weighted by Crippen LogP contribution is 2.47. The fraction of sp³-hybridized carbons (Fsp3) is 0.400. The third kappa shape index (κ3) is 6.26. The number of thioether (sulfide) groups is 2. The SMILES string of the molecule is CCNn1c(=O)/c(=C(\C=C2/Sc3cc(CO)ccc3N2CC(=O)O)C2CCCC2)c(=O)n(CC)/c1=C1\SC(=S)N(CC(=O)O)C1=O. The van der Waals surface area contributed by atoms with E-state index in [9.17, 15) is 39.3 Å². The van der Waals surface area contributed by atoms with Crippen molar-refractivity contribution in [2.45, 2.75) is 57.6 Å². The molecule has 3 heterocycles. The molecular weight excluding hydrogens is 655 g/mol. The van der Waals surface area contributed by atoms with E-state index in [1.54, 1.807) is 43.0 Å². The van der Waals surface area contributed by atoms with Crippen molar-refractivity contribution >= 4 is 74.1 Å². The fourth-order valence-electron chi connectivity index (χ4n) is 5.94. The first-order valence-corrected chi connectivity index (χ1v) is 16.8. The Bertz CT molecular complexity index is 1910. The summed E-state index contributed by atoms with van der Waals surface area (Å²) in [5.41, 5.74) is 3.46. The van der Waals surface area contributed by atoms with Gasteiger partial charge in [0.15, 0.2) is 5.48 Å². The Morgan fingerprint density at radius 1 is 1.02 bits per heavy atom. The Morgan fingerprint density at radius 3 is 2.30 bits per heavy atom. The number of allylic oxidation sites excluding steroid dienone is 1. The van der Waals surface area contributed by atoms with E-state index < -0.39 is 35.5 Å². The summed E-state index contributed by atoms with van der Waals surface area (Å²) in [5.74, 6) is -3.19. The van der Waals surface area contributed by atoms with Crippen molar-refractivity contribution in [3.8, 4) is 0 Å². The summed E-state index contributed by atoms with van der Waals surface area (Å²) in [5, 5.41) is 29.2. The predicted molar refractivity (Wildman–Crippen MR) is 179 cm³/mol. The van der Waals surface area contributed by atoms with E-state index in [0.29, 0.717) is 21.9 Å². The highest BCUT2D eigenvalue weighted by Gasteiger charge is 2.36. The number of thiocarbonyl (C=S) groups is 1. The number of carboxylic acids is 2. The van der Waals surface area contributed by atoms with Crippen LogP contribution in [0.2, 0.25) is 0 Å². The zero-order valence-electron chi connectivity index (χ0n) is 25.1. The van der Waals surface area contributed by atoms with Gasteiger partial charge in [0.25, 0.3) is 17.0 Å². The molecule has 0 unspecified atom stereocenters. The lowest BCUT2D eigenvalue weighted by Gasteiger charge is -2.20. The summed E-state index contributed by atoms with van der Waals surface area (Å²) in [4.78, 5) is 68.8. The van der Waals surface area contributed by atoms with Gasteiger partial charge in [0, 0.05) is 18.0 Å². The molecule has 13 nitrogen and oxygen atoms in total. The lowest BCUT2D eigenvalue weighted by atomic mass is 9.95. The minimum atomic E-state index is -1.26. The molecule has 16 heteroatoms. The van der Waals surface area contributed by atoms with Crippen LogP contribution in [0, 0.1) is 5.92 Å². The highest BCUT2D eigenvalue weighted by molar-refractivity contribution is 8.30. The van der Waals surface area contributed by atoms with Crippen LogP contribution in [0.25, 0.3) is 10.5 Å². The second-order valence-electron chi connectivity index (χ2n) is 10.8. The van der Waals surface area contributed by atoms with E-state index in [1.165, 1.54) is 21.0 Å². The van der Waals surface area contributed by atoms with Gasteiger partial charge >= 0.3 is 11.9 Å². The number of hydrogen-bond acceptors (Lipinski definition) is 11. The van der Waals surface area contributed by atoms with Crippen LogP contribution in [0.15, 0.2) is 43.8 Å². The van der Waals surface area contributed by atoms with Crippen LogP contribution in [0.5, 0.6) is 0 Å². The van der Waals surface area contributed by atoms with Crippen molar-refractivity contribution in [3.05, 3.63) is 66.3 Å². The zero-order valence-corrected chi connectivity index (χ0v) is 27.6. The molecule has 0 atom stereocenters. The van der Waals surface area contributed by atoms with Gasteiger partial charge in [-0.25, -0.2) is 4.68 Å². The first kappa shape index (κ1) is 33.5. The minimum Gasteiger partial charge on any atom is -0.480 e. The van der Waals surface area contributed by atoms with Crippen LogP contribution in [0.3, 0.4) is 0 Å². The molecule has 46 heavy (non-hydrogen) atoms. The number of fused-ring (bicyclic) bond motifs is 1. The van der Waals surface area contributed by atoms with Crippen molar-refractivity contribution in [2.24, 2.45) is 5.92 Å². The van der Waals surface area contributed by atoms with Gasteiger partial charge in [-0.1, -0.05) is 54.6 Å². The van der Waals surface area contributed by atoms with Crippen LogP contribution in [-0.4, -0.2) is 71.3 Å². The Hall–Kier alpha value is -3.86. The maximum Gasteiger partial charge on any atom is 0.323 e. The second-order valence-corrected chi connectivity index (χ2v) is 13.6. The molecule has 1 saturated carbocycles. The van der Waals surface area contributed by atoms with Gasteiger partial charge in [0.2, 0.25) is 0 Å². The maximum atomic E-state index is 14.4. The van der Waals surface area contributed by atoms with Gasteiger partial charge in [-0.2, -0.15) is 0 Å². The van der Waals surface area contributed by atoms with Crippen molar-refractivity contribution < 1.29 is 29.7 Å². The normalized spacial score (nSPS) is 19.3. The van der Waals surface area contributed by atoms with Gasteiger partial charge in [0.05, 0.1) is 17.3 Å². The average molecular weight is 688 g/mol. The molecule has 3 aliphatic rings. The summed E-state index contributed by atoms with van der Waals surface area (Å²) in [6, 6.07) is 5.25. The smallest absolute Gasteiger partial charge is 0.323 e. The maximum absolute atomic E-state index is 14.4. The molecule has 1 aromatic carbocycles. The monoisotopic (exact) mass is 687 g/mol. The molecular formula is C30H33N5O8S3. The highest BCUT2D eigenvalue weighted by atomic mass is 32.2. The van der Waals surface area contributed by atoms with E-state index >= 15 is 0 Å². The molecule has 1 saturated heterocycles. The third-order valence-corrected chi connectivity index (χ3v) is 10.5. The zero-order chi connectivity index (χ0) is 33.3. The van der Waals surface area contributed by atoms with Gasteiger partial charge < -0.3 is 25.6 Å². The number of carbonyl (C=O) groups excluding carboxylic acids is 1. The molecule has 2 fully saturated rings. The number of aromatic nitrogens is 2. The Morgan fingerprint density at radius 2 is 1.70 bits per heavy atom. The van der Waals surface area contributed by atoms with Gasteiger partial charge in [-0.15, -0.1) is 0 Å². The number of amides is 1. The Balaban J connectivity index is 1.84. The minimum absolute atomic E-state index is 0.000665. The standard InChI is InChI=1S/C30H33N5O8S3/c1-3-31-35-26(25-29(43)34(14-23(39)40)30(44)46-25)32(4-2)27(41)24(28(35)42)18(17-7-5-6-8-17)12-21-33(13-22(37)38)19-10-9-16(15-36)11-20(19)45-21/h9-12,17,31,36H,3-8,13-15H2,1-2H3,(H,37,38)(H,39,40)/b21-12-,24-18+,26-25+. The molecule has 1 amide bonds. The van der Waals surface area contributed by atoms with E-state index in [2.05, 4.69) is 5.43 Å². The van der Waals surface area contributed by atoms with Crippen LogP contribution in [0.4, 0.5) is 5.69 Å². The summed E-state index contributed by atoms with van der Waals surface area (Å²) in [7, 11) is 0. The van der Waals surface area contributed by atoms with Crippen LogP contribution < -0.4 is 32.1 Å². The first-order chi connectivity index (χ1) is 22.0. The topological polar surface area (TPSA) is 174 Å². The summed E-state index contributed by atoms with van der Waals surface area (Å²) < 4.78 is 2.49. The van der Waals surface area contributed by atoms with Crippen molar-refractivity contribution in [1.29, 1.82) is 0 Å². The third-order valence-electron chi connectivity index (χ3n) is 7.96. The van der Waals surface area contributed by atoms with E-state index in [1.807, 2.05) is 0 Å². The fourth-order valence-corrected chi connectivity index (χ4v) is 8.44. The number of aliphatic hydroxyl groups is 1. The number of carboxylic acid groups (broad SMARTS) is 2. The van der Waals surface area contributed by atoms with E-state index in [4.69, 9.17) is 12.2 Å². The number of benzene rings is 1. The lowest BCUT2D eigenvalue weighted by Crippen LogP contribution is -2.62. The number of hydrogen-bond donors (Lipinski definition) is 4. The molecule has 2 aliphatic heterocycles. The lowest BCUT2D eigenvalue weighted by molar-refractivity contribution is -0.140. The summed E-state index contributed by atoms with van der Waals surface area (Å²) >= 11 is 7.42. The quantitative estimate of drug-likeness (QED) is 0.261. The number of carbonyl (C=O) groups is 3. The molecule has 0 radical (unpaired) electrons. The van der Waals surface area contributed by atoms with E-state index in [0.717, 1.165) is 47.2 Å². The number of aliphatic hydroxyl groups excluding tert-OH is 1. The molecule has 5 rings (SSSR count).